The molecule has 0 fully saturated rings. The maximum absolute atomic E-state index is 13.0. The van der Waals surface area contributed by atoms with E-state index < -0.39 is 17.1 Å². The van der Waals surface area contributed by atoms with Crippen LogP contribution in [0.25, 0.3) is 0 Å². The van der Waals surface area contributed by atoms with Crippen molar-refractivity contribution in [3.8, 4) is 5.75 Å². The van der Waals surface area contributed by atoms with Gasteiger partial charge in [0, 0.05) is 18.8 Å². The third kappa shape index (κ3) is 3.29. The number of amides is 1. The Bertz CT molecular complexity index is 1040. The van der Waals surface area contributed by atoms with Crippen LogP contribution in [-0.4, -0.2) is 43.3 Å². The van der Waals surface area contributed by atoms with E-state index in [9.17, 15) is 14.7 Å². The fraction of sp³-hybridized carbons (Fsp3) is 0.273. The van der Waals surface area contributed by atoms with Crippen molar-refractivity contribution in [2.45, 2.75) is 31.8 Å². The summed E-state index contributed by atoms with van der Waals surface area (Å²) in [5.74, 6) is -1.18. The van der Waals surface area contributed by atoms with Crippen molar-refractivity contribution in [3.05, 3.63) is 88.1 Å². The fourth-order valence-electron chi connectivity index (χ4n) is 3.91. The Morgan fingerprint density at radius 2 is 1.79 bits per heavy atom. The standard InChI is InChI=1S/C22H22N4O3/c1-14(2)25-13-17(26-20(22(25)29)21(28)18(27)12-24-26)19(15-8-4-3-5-9-15)16-10-6-7-11-23-16/h3-12,14,17,19,28H,13H2,1-2H3/t17-,19+/m1/s1. The van der Waals surface area contributed by atoms with Gasteiger partial charge in [-0.3, -0.25) is 19.3 Å². The van der Waals surface area contributed by atoms with Gasteiger partial charge in [-0.25, -0.2) is 0 Å². The van der Waals surface area contributed by atoms with Crippen LogP contribution in [0.4, 0.5) is 0 Å². The molecule has 1 amide bonds. The van der Waals surface area contributed by atoms with Gasteiger partial charge in [-0.05, 0) is 31.5 Å². The highest BCUT2D eigenvalue weighted by Crippen LogP contribution is 2.38. The molecule has 0 unspecified atom stereocenters. The average Bonchev–Trinajstić information content (AvgIpc) is 2.73. The minimum Gasteiger partial charge on any atom is -0.502 e. The Morgan fingerprint density at radius 3 is 2.45 bits per heavy atom. The first-order chi connectivity index (χ1) is 14.0. The lowest BCUT2D eigenvalue weighted by Crippen LogP contribution is -2.49. The van der Waals surface area contributed by atoms with E-state index in [-0.39, 0.29) is 23.7 Å². The molecule has 0 radical (unpaired) electrons. The van der Waals surface area contributed by atoms with E-state index in [4.69, 9.17) is 0 Å². The largest absolute Gasteiger partial charge is 0.502 e. The van der Waals surface area contributed by atoms with Gasteiger partial charge in [0.15, 0.2) is 11.4 Å². The van der Waals surface area contributed by atoms with E-state index in [1.165, 1.54) is 4.68 Å². The monoisotopic (exact) mass is 390 g/mol. The molecule has 1 N–H and O–H groups in total. The molecule has 7 heteroatoms. The van der Waals surface area contributed by atoms with Crippen LogP contribution in [0, 0.1) is 0 Å². The first kappa shape index (κ1) is 18.9. The van der Waals surface area contributed by atoms with Crippen LogP contribution in [0.2, 0.25) is 0 Å². The summed E-state index contributed by atoms with van der Waals surface area (Å²) in [5.41, 5.74) is 1.11. The van der Waals surface area contributed by atoms with Crippen molar-refractivity contribution in [1.29, 1.82) is 0 Å². The Hall–Kier alpha value is -3.48. The second kappa shape index (κ2) is 7.50. The van der Waals surface area contributed by atoms with Gasteiger partial charge in [-0.15, -0.1) is 0 Å². The number of hydrogen-bond acceptors (Lipinski definition) is 5. The number of carbonyl (C=O) groups is 1. The third-order valence-electron chi connectivity index (χ3n) is 5.32. The number of hydrogen-bond donors (Lipinski definition) is 1. The maximum atomic E-state index is 13.0. The molecule has 4 rings (SSSR count). The van der Waals surface area contributed by atoms with Crippen molar-refractivity contribution in [1.82, 2.24) is 19.7 Å². The quantitative estimate of drug-likeness (QED) is 0.740. The van der Waals surface area contributed by atoms with Crippen molar-refractivity contribution in [2.75, 3.05) is 6.54 Å². The molecule has 3 heterocycles. The Kier molecular flexibility index (Phi) is 4.88. The summed E-state index contributed by atoms with van der Waals surface area (Å²) in [6.07, 6.45) is 2.79. The summed E-state index contributed by atoms with van der Waals surface area (Å²) in [7, 11) is 0. The zero-order chi connectivity index (χ0) is 20.5. The van der Waals surface area contributed by atoms with Gasteiger partial charge in [0.1, 0.15) is 0 Å². The van der Waals surface area contributed by atoms with Crippen LogP contribution in [0.5, 0.6) is 5.75 Å². The van der Waals surface area contributed by atoms with Crippen LogP contribution in [0.15, 0.2) is 65.7 Å². The predicted octanol–water partition coefficient (Wildman–Crippen LogP) is 2.58. The second-order valence-corrected chi connectivity index (χ2v) is 7.41. The van der Waals surface area contributed by atoms with E-state index in [2.05, 4.69) is 10.1 Å². The number of aromatic hydroxyl groups is 1. The SMILES string of the molecule is CC(C)N1C[C@H]([C@@H](c2ccccc2)c2ccccn2)n2ncc(=O)c(O)c2C1=O. The number of pyridine rings is 1. The summed E-state index contributed by atoms with van der Waals surface area (Å²) in [6, 6.07) is 15.1. The molecule has 3 aromatic rings. The average molecular weight is 390 g/mol. The van der Waals surface area contributed by atoms with Crippen molar-refractivity contribution in [2.24, 2.45) is 0 Å². The molecule has 0 bridgehead atoms. The Morgan fingerprint density at radius 1 is 1.07 bits per heavy atom. The lowest BCUT2D eigenvalue weighted by atomic mass is 9.86. The van der Waals surface area contributed by atoms with Gasteiger partial charge in [0.25, 0.3) is 5.91 Å². The number of fused-ring (bicyclic) bond motifs is 1. The molecular weight excluding hydrogens is 368 g/mol. The number of benzene rings is 1. The molecular formula is C22H22N4O3. The molecule has 7 nitrogen and oxygen atoms in total. The predicted molar refractivity (Wildman–Crippen MR) is 108 cm³/mol. The first-order valence-electron chi connectivity index (χ1n) is 9.56. The van der Waals surface area contributed by atoms with Crippen LogP contribution in [-0.2, 0) is 0 Å². The van der Waals surface area contributed by atoms with Gasteiger partial charge < -0.3 is 10.0 Å². The van der Waals surface area contributed by atoms with E-state index >= 15 is 0 Å². The van der Waals surface area contributed by atoms with E-state index in [1.807, 2.05) is 62.4 Å². The molecule has 0 spiro atoms. The summed E-state index contributed by atoms with van der Waals surface area (Å²) in [4.78, 5) is 31.3. The Balaban J connectivity index is 1.95. The highest BCUT2D eigenvalue weighted by Gasteiger charge is 2.40. The van der Waals surface area contributed by atoms with Gasteiger partial charge in [0.2, 0.25) is 5.43 Å². The maximum Gasteiger partial charge on any atom is 0.276 e. The summed E-state index contributed by atoms with van der Waals surface area (Å²) < 4.78 is 1.49. The topological polar surface area (TPSA) is 88.3 Å². The highest BCUT2D eigenvalue weighted by atomic mass is 16.3. The number of nitrogens with zero attached hydrogens (tertiary/aromatic N) is 4. The van der Waals surface area contributed by atoms with Crippen LogP contribution in [0.1, 0.15) is 47.6 Å². The Labute approximate surface area is 168 Å². The minimum atomic E-state index is -0.664. The lowest BCUT2D eigenvalue weighted by Gasteiger charge is -2.40. The molecule has 0 aliphatic carbocycles. The van der Waals surface area contributed by atoms with Gasteiger partial charge >= 0.3 is 0 Å². The zero-order valence-corrected chi connectivity index (χ0v) is 16.3. The minimum absolute atomic E-state index is 0.0701. The van der Waals surface area contributed by atoms with E-state index in [0.29, 0.717) is 6.54 Å². The number of rotatable bonds is 4. The molecule has 29 heavy (non-hydrogen) atoms. The first-order valence-corrected chi connectivity index (χ1v) is 9.56. The number of carbonyl (C=O) groups excluding carboxylic acids is 1. The lowest BCUT2D eigenvalue weighted by molar-refractivity contribution is 0.0569. The normalized spacial score (nSPS) is 17.3. The summed E-state index contributed by atoms with van der Waals surface area (Å²) >= 11 is 0. The number of aromatic nitrogens is 3. The van der Waals surface area contributed by atoms with Gasteiger partial charge in [0.05, 0.1) is 23.9 Å². The van der Waals surface area contributed by atoms with Crippen molar-refractivity contribution in [3.63, 3.8) is 0 Å². The van der Waals surface area contributed by atoms with E-state index in [1.54, 1.807) is 11.1 Å². The smallest absolute Gasteiger partial charge is 0.276 e. The van der Waals surface area contributed by atoms with Crippen molar-refractivity contribution >= 4 is 5.91 Å². The van der Waals surface area contributed by atoms with Gasteiger partial charge in [-0.1, -0.05) is 36.4 Å². The van der Waals surface area contributed by atoms with Gasteiger partial charge in [-0.2, -0.15) is 5.10 Å². The summed E-state index contributed by atoms with van der Waals surface area (Å²) in [5, 5.41) is 14.7. The van der Waals surface area contributed by atoms with Crippen molar-refractivity contribution < 1.29 is 9.90 Å². The molecule has 2 aromatic heterocycles. The van der Waals surface area contributed by atoms with Crippen LogP contribution in [0.3, 0.4) is 0 Å². The molecule has 2 atom stereocenters. The highest BCUT2D eigenvalue weighted by molar-refractivity contribution is 5.96. The molecule has 0 saturated carbocycles. The van der Waals surface area contributed by atoms with Crippen LogP contribution < -0.4 is 5.43 Å². The fourth-order valence-corrected chi connectivity index (χ4v) is 3.91. The molecule has 0 saturated heterocycles. The molecule has 1 aliphatic heterocycles. The molecule has 148 valence electrons. The third-order valence-corrected chi connectivity index (χ3v) is 5.32. The van der Waals surface area contributed by atoms with Crippen LogP contribution >= 0.6 is 0 Å². The second-order valence-electron chi connectivity index (χ2n) is 7.41. The summed E-state index contributed by atoms with van der Waals surface area (Å²) in [6.45, 7) is 4.21. The molecule has 1 aliphatic rings. The van der Waals surface area contributed by atoms with E-state index in [0.717, 1.165) is 17.5 Å². The zero-order valence-electron chi connectivity index (χ0n) is 16.3. The molecule has 1 aromatic carbocycles.